The van der Waals surface area contributed by atoms with Gasteiger partial charge in [0.25, 0.3) is 0 Å². The summed E-state index contributed by atoms with van der Waals surface area (Å²) >= 11 is 0. The molecule has 6 fully saturated rings. The maximum atomic E-state index is 11.8. The van der Waals surface area contributed by atoms with Crippen LogP contribution in [0.2, 0.25) is 39.3 Å². The Morgan fingerprint density at radius 1 is 0.643 bits per heavy atom. The molecule has 1 saturated carbocycles. The molecule has 0 aromatic rings. The van der Waals surface area contributed by atoms with Crippen molar-refractivity contribution in [1.29, 1.82) is 0 Å². The van der Waals surface area contributed by atoms with Gasteiger partial charge in [-0.2, -0.15) is 0 Å². The predicted molar refractivity (Wildman–Crippen MR) is 211 cm³/mol. The summed E-state index contributed by atoms with van der Waals surface area (Å²) in [5, 5.41) is 42.2. The number of aliphatic hydroxyl groups is 4. The third kappa shape index (κ3) is 11.8. The number of aliphatic hydroxyl groups excluding tert-OH is 4. The van der Waals surface area contributed by atoms with Gasteiger partial charge in [0.05, 0.1) is 67.6 Å². The van der Waals surface area contributed by atoms with Gasteiger partial charge in [-0.05, 0) is 38.5 Å². The van der Waals surface area contributed by atoms with Crippen molar-refractivity contribution in [2.45, 2.75) is 201 Å². The first-order valence-electron chi connectivity index (χ1n) is 20.5. The largest absolute Gasteiger partial charge is 0.469 e. The number of esters is 2. The summed E-state index contributed by atoms with van der Waals surface area (Å²) in [6, 6.07) is 0. The van der Waals surface area contributed by atoms with Crippen LogP contribution in [0.25, 0.3) is 0 Å². The fourth-order valence-electron chi connectivity index (χ4n) is 8.50. The Hall–Kier alpha value is -1.55. The molecular weight excluding hydrogens is 761 g/mol. The summed E-state index contributed by atoms with van der Waals surface area (Å²) < 4.78 is 47.0. The normalized spacial score (nSPS) is 38.1. The van der Waals surface area contributed by atoms with Crippen LogP contribution in [0.4, 0.5) is 0 Å². The molecule has 5 aliphatic heterocycles. The highest BCUT2D eigenvalue weighted by molar-refractivity contribution is 6.81. The average molecular weight is 829 g/mol. The van der Waals surface area contributed by atoms with E-state index >= 15 is 0 Å². The van der Waals surface area contributed by atoms with Crippen LogP contribution in [0.15, 0.2) is 23.6 Å². The number of methoxy groups -OCH3 is 2. The number of carbonyl (C=O) groups is 2. The van der Waals surface area contributed by atoms with E-state index in [1.165, 1.54) is 20.6 Å². The minimum Gasteiger partial charge on any atom is -0.469 e. The highest BCUT2D eigenvalue weighted by Crippen LogP contribution is 2.48. The van der Waals surface area contributed by atoms with Crippen molar-refractivity contribution in [3.05, 3.63) is 23.6 Å². The molecule has 0 aromatic carbocycles. The molecule has 4 N–H and O–H groups in total. The molecule has 3 unspecified atom stereocenters. The predicted octanol–water partition coefficient (Wildman–Crippen LogP) is 3.48. The maximum Gasteiger partial charge on any atom is 0.308 e. The van der Waals surface area contributed by atoms with Crippen molar-refractivity contribution in [2.24, 2.45) is 0 Å². The fraction of sp³-hybridized carbons (Fsp3) is 0.850. The van der Waals surface area contributed by atoms with Crippen LogP contribution in [0.5, 0.6) is 0 Å². The zero-order valence-corrected chi connectivity index (χ0v) is 36.5. The van der Waals surface area contributed by atoms with Gasteiger partial charge in [0.15, 0.2) is 5.79 Å². The van der Waals surface area contributed by atoms with E-state index in [0.717, 1.165) is 32.1 Å². The molecule has 6 aliphatic rings. The first kappa shape index (κ1) is 45.5. The highest BCUT2D eigenvalue weighted by Gasteiger charge is 2.60. The summed E-state index contributed by atoms with van der Waals surface area (Å²) in [5.41, 5.74) is 4.13. The number of rotatable bonds is 10. The van der Waals surface area contributed by atoms with Gasteiger partial charge in [0.2, 0.25) is 0 Å². The van der Waals surface area contributed by atoms with Crippen molar-refractivity contribution in [2.75, 3.05) is 14.2 Å². The molecule has 14 nitrogen and oxygen atoms in total. The van der Waals surface area contributed by atoms with Crippen LogP contribution in [0.1, 0.15) is 70.6 Å². The number of hydrogen-bond donors (Lipinski definition) is 4. The second-order valence-corrected chi connectivity index (χ2v) is 28.6. The van der Waals surface area contributed by atoms with Crippen molar-refractivity contribution in [1.82, 2.24) is 0 Å². The second kappa shape index (κ2) is 19.2. The van der Waals surface area contributed by atoms with E-state index in [9.17, 15) is 30.0 Å². The molecule has 1 aliphatic carbocycles. The number of fused-ring (bicyclic) bond motifs is 4. The van der Waals surface area contributed by atoms with E-state index in [1.54, 1.807) is 6.08 Å². The van der Waals surface area contributed by atoms with E-state index < -0.39 is 76.9 Å². The van der Waals surface area contributed by atoms with Gasteiger partial charge in [0.1, 0.15) is 61.0 Å². The smallest absolute Gasteiger partial charge is 0.308 e. The molecule has 5 saturated heterocycles. The van der Waals surface area contributed by atoms with E-state index in [2.05, 4.69) is 49.7 Å². The van der Waals surface area contributed by atoms with Gasteiger partial charge in [0, 0.05) is 12.8 Å². The Bertz CT molecular complexity index is 1360. The van der Waals surface area contributed by atoms with Gasteiger partial charge in [-0.15, -0.1) is 0 Å². The molecular formula is C40H68O14Si2. The molecule has 5 heterocycles. The molecule has 0 amide bonds. The van der Waals surface area contributed by atoms with Crippen LogP contribution >= 0.6 is 0 Å². The summed E-state index contributed by atoms with van der Waals surface area (Å²) in [4.78, 5) is 23.2. The van der Waals surface area contributed by atoms with Gasteiger partial charge in [-0.25, -0.2) is 0 Å². The summed E-state index contributed by atoms with van der Waals surface area (Å²) in [7, 11) is -0.237. The van der Waals surface area contributed by atoms with Crippen LogP contribution in [-0.2, 0) is 47.5 Å². The lowest BCUT2D eigenvalue weighted by molar-refractivity contribution is -0.274. The Balaban J connectivity index is 0.000000220. The zero-order chi connectivity index (χ0) is 41.0. The quantitative estimate of drug-likeness (QED) is 0.185. The topological polar surface area (TPSA) is 189 Å². The zero-order valence-electron chi connectivity index (χ0n) is 34.5. The monoisotopic (exact) mass is 828 g/mol. The first-order chi connectivity index (χ1) is 26.3. The van der Waals surface area contributed by atoms with E-state index in [1.807, 2.05) is 11.8 Å². The summed E-state index contributed by atoms with van der Waals surface area (Å²) in [6.45, 7) is 13.1. The first-order valence-corrected chi connectivity index (χ1v) is 27.7. The van der Waals surface area contributed by atoms with Crippen molar-refractivity contribution < 1.29 is 67.9 Å². The molecule has 16 heteroatoms. The lowest BCUT2D eigenvalue weighted by Crippen LogP contribution is -2.63. The summed E-state index contributed by atoms with van der Waals surface area (Å²) in [5.74, 6) is -1.25. The molecule has 0 radical (unpaired) electrons. The van der Waals surface area contributed by atoms with Crippen LogP contribution in [-0.4, -0.2) is 154 Å². The average Bonchev–Trinajstić information content (AvgIpc) is 3.52. The Morgan fingerprint density at radius 2 is 1.11 bits per heavy atom. The third-order valence-electron chi connectivity index (χ3n) is 11.5. The minimum absolute atomic E-state index is 0.105. The molecule has 0 aromatic heterocycles. The molecule has 1 spiro atoms. The van der Waals surface area contributed by atoms with Crippen LogP contribution < -0.4 is 0 Å². The highest BCUT2D eigenvalue weighted by atomic mass is 28.3. The lowest BCUT2D eigenvalue weighted by atomic mass is 9.87. The Morgan fingerprint density at radius 3 is 1.62 bits per heavy atom. The second-order valence-electron chi connectivity index (χ2n) is 18.5. The molecule has 0 bridgehead atoms. The van der Waals surface area contributed by atoms with Crippen LogP contribution in [0, 0.1) is 0 Å². The lowest BCUT2D eigenvalue weighted by Gasteiger charge is -2.47. The van der Waals surface area contributed by atoms with E-state index in [-0.39, 0.29) is 55.3 Å². The number of hydrogen-bond acceptors (Lipinski definition) is 14. The fourth-order valence-corrected chi connectivity index (χ4v) is 10.0. The Kier molecular flexibility index (Phi) is 15.6. The van der Waals surface area contributed by atoms with Crippen molar-refractivity contribution >= 4 is 28.1 Å². The van der Waals surface area contributed by atoms with Gasteiger partial charge < -0.3 is 58.3 Å². The van der Waals surface area contributed by atoms with Gasteiger partial charge in [-0.1, -0.05) is 69.3 Å². The van der Waals surface area contributed by atoms with E-state index in [0.29, 0.717) is 19.3 Å². The Labute approximate surface area is 334 Å². The standard InChI is InChI=1S/C23H38O7Si.C17H30O7Si/c1-26-18(25)14-15-8-9-17-20(27-15)22-21(29-23(30-22)11-6-5-7-12-23)19(28-17)16(24)10-13-31(2,3)4;1-22-13(19)9-10-5-6-12-17(23-10)15(21)14(20)16(24-12)11(18)7-8-25(2,3)4/h10,13,15-17,19-22,24H,5-9,11-12,14H2,1-4H3;7-8,10-12,14-18,20-21H,5-6,9H2,1-4H3/t15-,16?,17+,19+,20+,21?,22+;10-,11+,12+,14?,15-,16+,17+/m11/s1. The third-order valence-corrected chi connectivity index (χ3v) is 13.8. The van der Waals surface area contributed by atoms with Crippen molar-refractivity contribution in [3.63, 3.8) is 0 Å². The van der Waals surface area contributed by atoms with E-state index in [4.69, 9.17) is 33.2 Å². The van der Waals surface area contributed by atoms with Crippen LogP contribution in [0.3, 0.4) is 0 Å². The SMILES string of the molecule is COC(=O)C[C@H]1CC[C@@H]2O[C@@H](C(O)C=C[Si](C)(C)C)C3OC4(CCCCC4)O[C@H]3[C@H]2O1.COC(=O)C[C@H]1CC[C@@H]2O[C@@H]([C@@H](O)C=C[Si](C)(C)C)C(O)[C@@H](O)[C@H]2O1. The minimum atomic E-state index is -1.49. The molecule has 56 heavy (non-hydrogen) atoms. The molecule has 6 rings (SSSR count). The molecule has 320 valence electrons. The number of ether oxygens (including phenoxy) is 8. The van der Waals surface area contributed by atoms with Gasteiger partial charge in [-0.3, -0.25) is 9.59 Å². The summed E-state index contributed by atoms with van der Waals surface area (Å²) in [6.07, 6.45) is 3.07. The maximum absolute atomic E-state index is 11.8. The van der Waals surface area contributed by atoms with Crippen molar-refractivity contribution in [3.8, 4) is 0 Å². The van der Waals surface area contributed by atoms with Gasteiger partial charge >= 0.3 is 11.9 Å². The molecule has 14 atom stereocenters. The number of carbonyl (C=O) groups excluding carboxylic acids is 2.